The molecule has 1 saturated heterocycles. The predicted molar refractivity (Wildman–Crippen MR) is 85.7 cm³/mol. The predicted octanol–water partition coefficient (Wildman–Crippen LogP) is 2.82. The highest BCUT2D eigenvalue weighted by atomic mass is 16.2. The van der Waals surface area contributed by atoms with Crippen LogP contribution in [0.5, 0.6) is 0 Å². The molecule has 2 saturated carbocycles. The van der Waals surface area contributed by atoms with Crippen LogP contribution in [0.3, 0.4) is 0 Å². The second-order valence-electron chi connectivity index (χ2n) is 7.32. The summed E-state index contributed by atoms with van der Waals surface area (Å²) in [5.41, 5.74) is 0.261. The zero-order valence-corrected chi connectivity index (χ0v) is 13.6. The first kappa shape index (κ1) is 15.4. The number of hydrogen-bond acceptors (Lipinski definition) is 3. The third-order valence-corrected chi connectivity index (χ3v) is 5.92. The van der Waals surface area contributed by atoms with Crippen molar-refractivity contribution in [2.45, 2.75) is 57.9 Å². The number of rotatable bonds is 4. The van der Waals surface area contributed by atoms with Gasteiger partial charge in [-0.25, -0.2) is 0 Å². The first-order valence-electron chi connectivity index (χ1n) is 8.84. The number of fused-ring (bicyclic) bond motifs is 2. The van der Waals surface area contributed by atoms with E-state index in [1.165, 1.54) is 32.1 Å². The first-order chi connectivity index (χ1) is 10.7. The van der Waals surface area contributed by atoms with E-state index in [4.69, 9.17) is 0 Å². The average Bonchev–Trinajstić information content (AvgIpc) is 3.19. The van der Waals surface area contributed by atoms with Crippen LogP contribution in [0.4, 0.5) is 0 Å². The summed E-state index contributed by atoms with van der Waals surface area (Å²) >= 11 is 0. The Morgan fingerprint density at radius 2 is 2.05 bits per heavy atom. The standard InChI is InChI=1S/C18H27N3O/c1-13(17-10-14-5-6-15(17)9-14)20-12-16(11-19)18(22)21-7-3-2-4-8-21/h12-15,17,20H,2-10H2,1H3/b16-12-. The molecule has 4 heteroatoms. The number of likely N-dealkylation sites (tertiary alicyclic amines) is 1. The zero-order chi connectivity index (χ0) is 15.5. The van der Waals surface area contributed by atoms with Gasteiger partial charge < -0.3 is 10.2 Å². The van der Waals surface area contributed by atoms with E-state index >= 15 is 0 Å². The molecule has 3 rings (SSSR count). The van der Waals surface area contributed by atoms with Gasteiger partial charge in [-0.15, -0.1) is 0 Å². The van der Waals surface area contributed by atoms with Gasteiger partial charge in [-0.3, -0.25) is 4.79 Å². The first-order valence-corrected chi connectivity index (χ1v) is 8.84. The van der Waals surface area contributed by atoms with Gasteiger partial charge >= 0.3 is 0 Å². The number of carbonyl (C=O) groups is 1. The van der Waals surface area contributed by atoms with Crippen molar-refractivity contribution in [3.8, 4) is 6.07 Å². The molecule has 1 heterocycles. The average molecular weight is 301 g/mol. The number of nitrogens with zero attached hydrogens (tertiary/aromatic N) is 2. The SMILES string of the molecule is CC(N/C=C(/C#N)C(=O)N1CCCCC1)C1CC2CCC1C2. The van der Waals surface area contributed by atoms with E-state index in [0.717, 1.165) is 37.8 Å². The Morgan fingerprint density at radius 3 is 2.64 bits per heavy atom. The number of nitrogens with one attached hydrogen (secondary N) is 1. The van der Waals surface area contributed by atoms with Crippen molar-refractivity contribution in [3.05, 3.63) is 11.8 Å². The van der Waals surface area contributed by atoms with E-state index < -0.39 is 0 Å². The van der Waals surface area contributed by atoms with Crippen LogP contribution in [0, 0.1) is 29.1 Å². The monoisotopic (exact) mass is 301 g/mol. The summed E-state index contributed by atoms with van der Waals surface area (Å²) in [6.45, 7) is 3.78. The molecule has 0 aromatic heterocycles. The summed E-state index contributed by atoms with van der Waals surface area (Å²) in [5, 5.41) is 12.7. The fourth-order valence-electron chi connectivity index (χ4n) is 4.65. The van der Waals surface area contributed by atoms with Gasteiger partial charge in [-0.2, -0.15) is 5.26 Å². The van der Waals surface area contributed by atoms with Crippen LogP contribution in [0.1, 0.15) is 51.9 Å². The number of carbonyl (C=O) groups excluding carboxylic acids is 1. The molecule has 120 valence electrons. The summed E-state index contributed by atoms with van der Waals surface area (Å²) in [6.07, 6.45) is 10.4. The van der Waals surface area contributed by atoms with E-state index in [1.54, 1.807) is 6.20 Å². The van der Waals surface area contributed by atoms with Crippen molar-refractivity contribution >= 4 is 5.91 Å². The molecule has 3 aliphatic rings. The maximum Gasteiger partial charge on any atom is 0.265 e. The summed E-state index contributed by atoms with van der Waals surface area (Å²) < 4.78 is 0. The Kier molecular flexibility index (Phi) is 4.71. The Hall–Kier alpha value is -1.50. The lowest BCUT2D eigenvalue weighted by atomic mass is 9.84. The molecule has 1 aliphatic heterocycles. The van der Waals surface area contributed by atoms with Crippen LogP contribution >= 0.6 is 0 Å². The van der Waals surface area contributed by atoms with Crippen LogP contribution in [-0.2, 0) is 4.79 Å². The van der Waals surface area contributed by atoms with E-state index in [-0.39, 0.29) is 11.5 Å². The lowest BCUT2D eigenvalue weighted by Crippen LogP contribution is -2.38. The largest absolute Gasteiger partial charge is 0.387 e. The van der Waals surface area contributed by atoms with Gasteiger partial charge in [0.2, 0.25) is 0 Å². The van der Waals surface area contributed by atoms with E-state index in [9.17, 15) is 10.1 Å². The number of nitriles is 1. The lowest BCUT2D eigenvalue weighted by Gasteiger charge is -2.29. The molecule has 0 aromatic rings. The van der Waals surface area contributed by atoms with Crippen molar-refractivity contribution in [1.29, 1.82) is 5.26 Å². The van der Waals surface area contributed by atoms with Crippen molar-refractivity contribution in [1.82, 2.24) is 10.2 Å². The van der Waals surface area contributed by atoms with Gasteiger partial charge in [-0.1, -0.05) is 6.42 Å². The Bertz CT molecular complexity index is 487. The van der Waals surface area contributed by atoms with Crippen molar-refractivity contribution < 1.29 is 4.79 Å². The Morgan fingerprint density at radius 1 is 1.27 bits per heavy atom. The highest BCUT2D eigenvalue weighted by molar-refractivity contribution is 5.97. The number of piperidine rings is 1. The molecule has 4 nitrogen and oxygen atoms in total. The second-order valence-corrected chi connectivity index (χ2v) is 7.32. The van der Waals surface area contributed by atoms with Gasteiger partial charge in [0.05, 0.1) is 0 Å². The van der Waals surface area contributed by atoms with Gasteiger partial charge in [0.1, 0.15) is 11.6 Å². The molecule has 1 N–H and O–H groups in total. The lowest BCUT2D eigenvalue weighted by molar-refractivity contribution is -0.127. The topological polar surface area (TPSA) is 56.1 Å². The molecular formula is C18H27N3O. The molecule has 4 unspecified atom stereocenters. The van der Waals surface area contributed by atoms with Crippen molar-refractivity contribution in [3.63, 3.8) is 0 Å². The Labute approximate surface area is 133 Å². The molecule has 1 amide bonds. The quantitative estimate of drug-likeness (QED) is 0.641. The summed E-state index contributed by atoms with van der Waals surface area (Å²) in [7, 11) is 0. The molecule has 2 bridgehead atoms. The van der Waals surface area contributed by atoms with Crippen LogP contribution in [0.2, 0.25) is 0 Å². The molecule has 2 aliphatic carbocycles. The van der Waals surface area contributed by atoms with Crippen LogP contribution in [0.15, 0.2) is 11.8 Å². The fourth-order valence-corrected chi connectivity index (χ4v) is 4.65. The second kappa shape index (κ2) is 6.73. The third kappa shape index (κ3) is 3.14. The van der Waals surface area contributed by atoms with Crippen LogP contribution in [0.25, 0.3) is 0 Å². The molecule has 4 atom stereocenters. The summed E-state index contributed by atoms with van der Waals surface area (Å²) in [6, 6.07) is 2.44. The number of hydrogen-bond donors (Lipinski definition) is 1. The molecule has 22 heavy (non-hydrogen) atoms. The zero-order valence-electron chi connectivity index (χ0n) is 13.6. The smallest absolute Gasteiger partial charge is 0.265 e. The van der Waals surface area contributed by atoms with Crippen LogP contribution in [-0.4, -0.2) is 29.9 Å². The number of amides is 1. The molecule has 0 aromatic carbocycles. The third-order valence-electron chi connectivity index (χ3n) is 5.92. The Balaban J connectivity index is 1.57. The minimum Gasteiger partial charge on any atom is -0.387 e. The molecule has 0 radical (unpaired) electrons. The summed E-state index contributed by atoms with van der Waals surface area (Å²) in [5.74, 6) is 2.38. The minimum atomic E-state index is -0.102. The molecule has 0 spiro atoms. The normalized spacial score (nSPS) is 32.6. The van der Waals surface area contributed by atoms with Gasteiger partial charge in [0.25, 0.3) is 5.91 Å². The van der Waals surface area contributed by atoms with E-state index in [2.05, 4.69) is 18.3 Å². The van der Waals surface area contributed by atoms with Crippen molar-refractivity contribution in [2.24, 2.45) is 17.8 Å². The molecule has 3 fully saturated rings. The van der Waals surface area contributed by atoms with Gasteiger partial charge in [-0.05, 0) is 63.2 Å². The minimum absolute atomic E-state index is 0.102. The summed E-state index contributed by atoms with van der Waals surface area (Å²) in [4.78, 5) is 14.2. The maximum absolute atomic E-state index is 12.4. The van der Waals surface area contributed by atoms with E-state index in [1.807, 2.05) is 4.90 Å². The van der Waals surface area contributed by atoms with Gasteiger partial charge in [0, 0.05) is 25.3 Å². The van der Waals surface area contributed by atoms with Crippen LogP contribution < -0.4 is 5.32 Å². The van der Waals surface area contributed by atoms with E-state index in [0.29, 0.717) is 12.0 Å². The maximum atomic E-state index is 12.4. The highest BCUT2D eigenvalue weighted by Gasteiger charge is 2.41. The highest BCUT2D eigenvalue weighted by Crippen LogP contribution is 2.49. The fraction of sp³-hybridized carbons (Fsp3) is 0.778. The van der Waals surface area contributed by atoms with Gasteiger partial charge in [0.15, 0.2) is 0 Å². The molecular weight excluding hydrogens is 274 g/mol. The van der Waals surface area contributed by atoms with Crippen molar-refractivity contribution in [2.75, 3.05) is 13.1 Å².